The summed E-state index contributed by atoms with van der Waals surface area (Å²) < 4.78 is 0. The summed E-state index contributed by atoms with van der Waals surface area (Å²) in [6.45, 7) is 2.12. The highest BCUT2D eigenvalue weighted by Crippen LogP contribution is 2.34. The summed E-state index contributed by atoms with van der Waals surface area (Å²) in [4.78, 5) is 24.9. The number of Topliss-reactive ketones (excluding diaryl/α,β-unsaturated/α-hetero) is 1. The van der Waals surface area contributed by atoms with Crippen LogP contribution in [0.3, 0.4) is 0 Å². The third-order valence-electron chi connectivity index (χ3n) is 3.88. The number of aldehydes is 1. The van der Waals surface area contributed by atoms with Crippen LogP contribution in [0.2, 0.25) is 0 Å². The summed E-state index contributed by atoms with van der Waals surface area (Å²) in [7, 11) is 0. The highest BCUT2D eigenvalue weighted by molar-refractivity contribution is 7.17. The predicted octanol–water partition coefficient (Wildman–Crippen LogP) is 4.38. The maximum Gasteiger partial charge on any atom is 0.166 e. The number of fused-ring (bicyclic) bond motifs is 1. The Labute approximate surface area is 122 Å². The largest absolute Gasteiger partial charge is 0.297 e. The molecular weight excluding hydrogens is 268 g/mol. The van der Waals surface area contributed by atoms with Crippen LogP contribution < -0.4 is 0 Å². The van der Waals surface area contributed by atoms with Crippen molar-refractivity contribution in [2.24, 2.45) is 5.92 Å². The summed E-state index contributed by atoms with van der Waals surface area (Å²) in [6, 6.07) is 9.88. The Hall–Kier alpha value is -1.74. The monoisotopic (exact) mass is 284 g/mol. The molecule has 1 atom stereocenters. The molecule has 20 heavy (non-hydrogen) atoms. The van der Waals surface area contributed by atoms with E-state index in [-0.39, 0.29) is 11.7 Å². The summed E-state index contributed by atoms with van der Waals surface area (Å²) >= 11 is 1.46. The van der Waals surface area contributed by atoms with E-state index < -0.39 is 0 Å². The van der Waals surface area contributed by atoms with Crippen molar-refractivity contribution in [3.8, 4) is 10.4 Å². The van der Waals surface area contributed by atoms with Crippen LogP contribution in [0, 0.1) is 5.92 Å². The molecule has 0 N–H and O–H groups in total. The lowest BCUT2D eigenvalue weighted by molar-refractivity contribution is 0.0930. The SMILES string of the molecule is CCCC1Cc2ccc(-c3ccc(C=O)s3)cc2C1=O. The second-order valence-corrected chi connectivity index (χ2v) is 6.36. The fourth-order valence-corrected chi connectivity index (χ4v) is 3.69. The van der Waals surface area contributed by atoms with Crippen LogP contribution in [0.25, 0.3) is 10.4 Å². The van der Waals surface area contributed by atoms with Crippen molar-refractivity contribution < 1.29 is 9.59 Å². The van der Waals surface area contributed by atoms with Gasteiger partial charge in [0.2, 0.25) is 0 Å². The maximum absolute atomic E-state index is 12.4. The predicted molar refractivity (Wildman–Crippen MR) is 81.6 cm³/mol. The van der Waals surface area contributed by atoms with Crippen LogP contribution in [0.1, 0.15) is 45.4 Å². The lowest BCUT2D eigenvalue weighted by Gasteiger charge is -2.03. The van der Waals surface area contributed by atoms with Crippen LogP contribution >= 0.6 is 11.3 Å². The average Bonchev–Trinajstić information content (AvgIpc) is 3.05. The van der Waals surface area contributed by atoms with E-state index in [0.717, 1.165) is 46.4 Å². The smallest absolute Gasteiger partial charge is 0.166 e. The van der Waals surface area contributed by atoms with Crippen LogP contribution in [0.15, 0.2) is 30.3 Å². The van der Waals surface area contributed by atoms with Gasteiger partial charge in [-0.25, -0.2) is 0 Å². The van der Waals surface area contributed by atoms with E-state index in [0.29, 0.717) is 0 Å². The standard InChI is InChI=1S/C17H16O2S/c1-2-3-13-8-11-4-5-12(9-15(11)17(13)19)16-7-6-14(10-18)20-16/h4-7,9-10,13H,2-3,8H2,1H3. The molecule has 2 nitrogen and oxygen atoms in total. The number of rotatable bonds is 4. The Kier molecular flexibility index (Phi) is 3.53. The van der Waals surface area contributed by atoms with Crippen molar-refractivity contribution in [2.75, 3.05) is 0 Å². The molecule has 0 spiro atoms. The van der Waals surface area contributed by atoms with Crippen molar-refractivity contribution >= 4 is 23.4 Å². The molecule has 0 amide bonds. The minimum atomic E-state index is 0.166. The van der Waals surface area contributed by atoms with Crippen molar-refractivity contribution in [2.45, 2.75) is 26.2 Å². The van der Waals surface area contributed by atoms with Crippen molar-refractivity contribution in [1.82, 2.24) is 0 Å². The fourth-order valence-electron chi connectivity index (χ4n) is 2.87. The molecule has 0 aliphatic heterocycles. The number of hydrogen-bond acceptors (Lipinski definition) is 3. The molecular formula is C17H16O2S. The third-order valence-corrected chi connectivity index (χ3v) is 4.94. The minimum Gasteiger partial charge on any atom is -0.297 e. The van der Waals surface area contributed by atoms with Gasteiger partial charge in [-0.05, 0) is 42.2 Å². The Balaban J connectivity index is 1.95. The van der Waals surface area contributed by atoms with E-state index >= 15 is 0 Å². The van der Waals surface area contributed by atoms with Crippen LogP contribution in [0.4, 0.5) is 0 Å². The van der Waals surface area contributed by atoms with Crippen LogP contribution in [0.5, 0.6) is 0 Å². The molecule has 2 aromatic rings. The average molecular weight is 284 g/mol. The number of thiophene rings is 1. The van der Waals surface area contributed by atoms with E-state index in [4.69, 9.17) is 0 Å². The van der Waals surface area contributed by atoms with Gasteiger partial charge in [0.25, 0.3) is 0 Å². The molecule has 3 rings (SSSR count). The normalized spacial score (nSPS) is 17.2. The zero-order chi connectivity index (χ0) is 14.1. The zero-order valence-electron chi connectivity index (χ0n) is 11.4. The highest BCUT2D eigenvalue weighted by Gasteiger charge is 2.29. The molecule has 0 bridgehead atoms. The third kappa shape index (κ3) is 2.22. The number of hydrogen-bond donors (Lipinski definition) is 0. The van der Waals surface area contributed by atoms with Crippen LogP contribution in [-0.4, -0.2) is 12.1 Å². The van der Waals surface area contributed by atoms with Gasteiger partial charge in [-0.15, -0.1) is 11.3 Å². The van der Waals surface area contributed by atoms with Gasteiger partial charge in [-0.2, -0.15) is 0 Å². The summed E-state index contributed by atoms with van der Waals surface area (Å²) in [5.74, 6) is 0.454. The van der Waals surface area contributed by atoms with Crippen LogP contribution in [-0.2, 0) is 6.42 Å². The summed E-state index contributed by atoms with van der Waals surface area (Å²) in [6.07, 6.45) is 3.76. The first-order chi connectivity index (χ1) is 9.72. The van der Waals surface area contributed by atoms with Gasteiger partial charge in [0, 0.05) is 16.4 Å². The molecule has 0 saturated heterocycles. The first-order valence-electron chi connectivity index (χ1n) is 6.95. The molecule has 1 unspecified atom stereocenters. The van der Waals surface area contributed by atoms with E-state index in [1.54, 1.807) is 0 Å². The quantitative estimate of drug-likeness (QED) is 0.781. The molecule has 1 aliphatic carbocycles. The second kappa shape index (κ2) is 5.33. The number of benzene rings is 1. The molecule has 3 heteroatoms. The molecule has 1 heterocycles. The van der Waals surface area contributed by atoms with Gasteiger partial charge >= 0.3 is 0 Å². The van der Waals surface area contributed by atoms with E-state index in [1.165, 1.54) is 16.9 Å². The Bertz CT molecular complexity index is 669. The number of carbonyl (C=O) groups excluding carboxylic acids is 2. The van der Waals surface area contributed by atoms with Gasteiger partial charge in [-0.3, -0.25) is 9.59 Å². The zero-order valence-corrected chi connectivity index (χ0v) is 12.2. The number of carbonyl (C=O) groups is 2. The van der Waals surface area contributed by atoms with Gasteiger partial charge in [0.05, 0.1) is 4.88 Å². The van der Waals surface area contributed by atoms with Gasteiger partial charge in [0.15, 0.2) is 12.1 Å². The Morgan fingerprint density at radius 2 is 2.15 bits per heavy atom. The summed E-state index contributed by atoms with van der Waals surface area (Å²) in [5, 5.41) is 0. The fraction of sp³-hybridized carbons (Fsp3) is 0.294. The molecule has 1 aromatic carbocycles. The van der Waals surface area contributed by atoms with E-state index in [1.807, 2.05) is 18.2 Å². The van der Waals surface area contributed by atoms with Gasteiger partial charge in [0.1, 0.15) is 0 Å². The number of ketones is 1. The second-order valence-electron chi connectivity index (χ2n) is 5.25. The molecule has 0 radical (unpaired) electrons. The van der Waals surface area contributed by atoms with E-state index in [9.17, 15) is 9.59 Å². The topological polar surface area (TPSA) is 34.1 Å². The Morgan fingerprint density at radius 3 is 2.85 bits per heavy atom. The lowest BCUT2D eigenvalue weighted by Crippen LogP contribution is -2.08. The molecule has 0 fully saturated rings. The molecule has 1 aromatic heterocycles. The molecule has 102 valence electrons. The lowest BCUT2D eigenvalue weighted by atomic mass is 9.99. The van der Waals surface area contributed by atoms with E-state index in [2.05, 4.69) is 19.1 Å². The molecule has 0 saturated carbocycles. The van der Waals surface area contributed by atoms with Gasteiger partial charge in [-0.1, -0.05) is 25.5 Å². The summed E-state index contributed by atoms with van der Waals surface area (Å²) in [5.41, 5.74) is 3.08. The van der Waals surface area contributed by atoms with Crippen molar-refractivity contribution in [3.05, 3.63) is 46.3 Å². The molecule has 1 aliphatic rings. The first kappa shape index (κ1) is 13.3. The van der Waals surface area contributed by atoms with Crippen molar-refractivity contribution in [3.63, 3.8) is 0 Å². The highest BCUT2D eigenvalue weighted by atomic mass is 32.1. The minimum absolute atomic E-state index is 0.166. The van der Waals surface area contributed by atoms with Gasteiger partial charge < -0.3 is 0 Å². The maximum atomic E-state index is 12.4. The van der Waals surface area contributed by atoms with Crippen molar-refractivity contribution in [1.29, 1.82) is 0 Å². The Morgan fingerprint density at radius 1 is 1.30 bits per heavy atom. The first-order valence-corrected chi connectivity index (χ1v) is 7.77.